The second-order valence-electron chi connectivity index (χ2n) is 6.81. The van der Waals surface area contributed by atoms with Gasteiger partial charge in [-0.25, -0.2) is 0 Å². The summed E-state index contributed by atoms with van der Waals surface area (Å²) in [5.41, 5.74) is 1.81. The molecule has 1 fully saturated rings. The maximum Gasteiger partial charge on any atom is 0.293 e. The average molecular weight is 432 g/mol. The number of hydrogen-bond donors (Lipinski definition) is 0. The van der Waals surface area contributed by atoms with Crippen molar-refractivity contribution in [2.24, 2.45) is 0 Å². The van der Waals surface area contributed by atoms with Crippen molar-refractivity contribution in [3.63, 3.8) is 0 Å². The highest BCUT2D eigenvalue weighted by molar-refractivity contribution is 8.18. The van der Waals surface area contributed by atoms with Gasteiger partial charge in [-0.05, 0) is 41.6 Å². The van der Waals surface area contributed by atoms with E-state index in [1.54, 1.807) is 6.08 Å². The lowest BCUT2D eigenvalue weighted by Crippen LogP contribution is -2.32. The van der Waals surface area contributed by atoms with E-state index in [-0.39, 0.29) is 24.3 Å². The number of benzene rings is 3. The van der Waals surface area contributed by atoms with Crippen LogP contribution in [0, 0.1) is 0 Å². The zero-order chi connectivity index (χ0) is 21.5. The van der Waals surface area contributed by atoms with Crippen LogP contribution in [0.5, 0.6) is 11.5 Å². The number of hydrogen-bond acceptors (Lipinski definition) is 5. The van der Waals surface area contributed by atoms with Crippen molar-refractivity contribution in [3.8, 4) is 11.5 Å². The fourth-order valence-electron chi connectivity index (χ4n) is 3.07. The van der Waals surface area contributed by atoms with E-state index in [1.807, 2.05) is 84.9 Å². The van der Waals surface area contributed by atoms with Crippen molar-refractivity contribution in [2.45, 2.75) is 6.61 Å². The van der Waals surface area contributed by atoms with Crippen LogP contribution in [-0.4, -0.2) is 29.2 Å². The Bertz CT molecular complexity index is 1080. The Hall–Kier alpha value is -3.51. The molecule has 0 bridgehead atoms. The number of rotatable bonds is 8. The average Bonchev–Trinajstić information content (AvgIpc) is 3.07. The molecule has 0 spiro atoms. The SMILES string of the molecule is O=C1S/C(=C\c2ccccc2OCc2ccccc2)C(=O)N1CCOc1ccccc1. The zero-order valence-corrected chi connectivity index (χ0v) is 17.6. The Morgan fingerprint density at radius 1 is 0.806 bits per heavy atom. The summed E-state index contributed by atoms with van der Waals surface area (Å²) in [6, 6.07) is 26.6. The van der Waals surface area contributed by atoms with E-state index in [4.69, 9.17) is 9.47 Å². The van der Waals surface area contributed by atoms with Gasteiger partial charge in [-0.3, -0.25) is 14.5 Å². The maximum atomic E-state index is 12.8. The zero-order valence-electron chi connectivity index (χ0n) is 16.8. The molecule has 3 aromatic rings. The minimum absolute atomic E-state index is 0.197. The Balaban J connectivity index is 1.42. The van der Waals surface area contributed by atoms with Gasteiger partial charge in [-0.2, -0.15) is 0 Å². The molecule has 0 radical (unpaired) electrons. The van der Waals surface area contributed by atoms with E-state index < -0.39 is 0 Å². The molecule has 5 nitrogen and oxygen atoms in total. The highest BCUT2D eigenvalue weighted by Gasteiger charge is 2.35. The Morgan fingerprint density at radius 3 is 2.26 bits per heavy atom. The minimum Gasteiger partial charge on any atom is -0.492 e. The van der Waals surface area contributed by atoms with Crippen LogP contribution in [0.15, 0.2) is 89.8 Å². The van der Waals surface area contributed by atoms with Crippen LogP contribution in [0.25, 0.3) is 6.08 Å². The van der Waals surface area contributed by atoms with Gasteiger partial charge in [0.25, 0.3) is 11.1 Å². The number of ether oxygens (including phenoxy) is 2. The third-order valence-electron chi connectivity index (χ3n) is 4.64. The molecule has 4 rings (SSSR count). The van der Waals surface area contributed by atoms with E-state index >= 15 is 0 Å². The molecule has 1 aliphatic rings. The summed E-state index contributed by atoms with van der Waals surface area (Å²) < 4.78 is 11.6. The van der Waals surface area contributed by atoms with Gasteiger partial charge in [-0.1, -0.05) is 66.7 Å². The molecule has 0 unspecified atom stereocenters. The van der Waals surface area contributed by atoms with Gasteiger partial charge in [0.15, 0.2) is 0 Å². The molecule has 0 saturated carbocycles. The molecule has 0 N–H and O–H groups in total. The highest BCUT2D eigenvalue weighted by atomic mass is 32.2. The number of carbonyl (C=O) groups excluding carboxylic acids is 2. The number of thioether (sulfide) groups is 1. The number of carbonyl (C=O) groups is 2. The van der Waals surface area contributed by atoms with Gasteiger partial charge in [-0.15, -0.1) is 0 Å². The smallest absolute Gasteiger partial charge is 0.293 e. The largest absolute Gasteiger partial charge is 0.492 e. The van der Waals surface area contributed by atoms with Crippen LogP contribution in [0.1, 0.15) is 11.1 Å². The summed E-state index contributed by atoms with van der Waals surface area (Å²) in [6.45, 7) is 0.860. The third kappa shape index (κ3) is 5.35. The lowest BCUT2D eigenvalue weighted by atomic mass is 10.1. The van der Waals surface area contributed by atoms with E-state index in [1.165, 1.54) is 4.90 Å². The molecular formula is C25H21NO4S. The Labute approximate surface area is 185 Å². The van der Waals surface area contributed by atoms with Crippen LogP contribution in [0.3, 0.4) is 0 Å². The molecule has 156 valence electrons. The molecule has 0 aromatic heterocycles. The normalized spacial score (nSPS) is 14.8. The van der Waals surface area contributed by atoms with Crippen LogP contribution in [-0.2, 0) is 11.4 Å². The fraction of sp³-hybridized carbons (Fsp3) is 0.120. The molecule has 0 aliphatic carbocycles. The molecule has 1 heterocycles. The summed E-state index contributed by atoms with van der Waals surface area (Å²) in [7, 11) is 0. The molecule has 1 aliphatic heterocycles. The van der Waals surface area contributed by atoms with Crippen LogP contribution in [0.4, 0.5) is 4.79 Å². The van der Waals surface area contributed by atoms with E-state index in [0.717, 1.165) is 22.9 Å². The standard InChI is InChI=1S/C25H21NO4S/c27-24-23(31-25(28)26(24)15-16-29-21-12-5-2-6-13-21)17-20-11-7-8-14-22(20)30-18-19-9-3-1-4-10-19/h1-14,17H,15-16,18H2/b23-17-. The van der Waals surface area contributed by atoms with Crippen molar-refractivity contribution < 1.29 is 19.1 Å². The fourth-order valence-corrected chi connectivity index (χ4v) is 3.93. The van der Waals surface area contributed by atoms with Gasteiger partial charge in [0.05, 0.1) is 11.4 Å². The molecule has 1 saturated heterocycles. The summed E-state index contributed by atoms with van der Waals surface area (Å²) in [5, 5.41) is -0.296. The highest BCUT2D eigenvalue weighted by Crippen LogP contribution is 2.34. The molecular weight excluding hydrogens is 410 g/mol. The van der Waals surface area contributed by atoms with Crippen molar-refractivity contribution in [1.82, 2.24) is 4.90 Å². The van der Waals surface area contributed by atoms with Crippen molar-refractivity contribution in [3.05, 3.63) is 101 Å². The first-order chi connectivity index (χ1) is 15.2. The summed E-state index contributed by atoms with van der Waals surface area (Å²) >= 11 is 0.933. The Kier molecular flexibility index (Phi) is 6.69. The number of amides is 2. The summed E-state index contributed by atoms with van der Waals surface area (Å²) in [4.78, 5) is 26.7. The van der Waals surface area contributed by atoms with E-state index in [9.17, 15) is 9.59 Å². The van der Waals surface area contributed by atoms with Gasteiger partial charge in [0.2, 0.25) is 0 Å². The number of nitrogens with zero attached hydrogens (tertiary/aromatic N) is 1. The number of imide groups is 1. The van der Waals surface area contributed by atoms with Gasteiger partial charge >= 0.3 is 0 Å². The van der Waals surface area contributed by atoms with Crippen LogP contribution >= 0.6 is 11.8 Å². The van der Waals surface area contributed by atoms with Gasteiger partial charge < -0.3 is 9.47 Å². The first kappa shape index (κ1) is 20.8. The molecule has 3 aromatic carbocycles. The quantitative estimate of drug-likeness (QED) is 0.448. The van der Waals surface area contributed by atoms with Crippen molar-refractivity contribution in [1.29, 1.82) is 0 Å². The predicted molar refractivity (Wildman–Crippen MR) is 122 cm³/mol. The lowest BCUT2D eigenvalue weighted by molar-refractivity contribution is -0.123. The number of para-hydroxylation sites is 2. The first-order valence-electron chi connectivity index (χ1n) is 9.90. The summed E-state index contributed by atoms with van der Waals surface area (Å²) in [5.74, 6) is 1.05. The topological polar surface area (TPSA) is 55.8 Å². The predicted octanol–water partition coefficient (Wildman–Crippen LogP) is 5.38. The van der Waals surface area contributed by atoms with Gasteiger partial charge in [0.1, 0.15) is 24.7 Å². The Morgan fingerprint density at radius 2 is 1.48 bits per heavy atom. The second-order valence-corrected chi connectivity index (χ2v) is 7.80. The maximum absolute atomic E-state index is 12.8. The molecule has 31 heavy (non-hydrogen) atoms. The second kappa shape index (κ2) is 10.00. The molecule has 2 amide bonds. The first-order valence-corrected chi connectivity index (χ1v) is 10.7. The van der Waals surface area contributed by atoms with Crippen molar-refractivity contribution >= 4 is 29.0 Å². The van der Waals surface area contributed by atoms with Gasteiger partial charge in [0, 0.05) is 5.56 Å². The van der Waals surface area contributed by atoms with Crippen LogP contribution < -0.4 is 9.47 Å². The summed E-state index contributed by atoms with van der Waals surface area (Å²) in [6.07, 6.45) is 1.71. The van der Waals surface area contributed by atoms with Crippen LogP contribution in [0.2, 0.25) is 0 Å². The minimum atomic E-state index is -0.315. The lowest BCUT2D eigenvalue weighted by Gasteiger charge is -2.13. The monoisotopic (exact) mass is 431 g/mol. The van der Waals surface area contributed by atoms with E-state index in [0.29, 0.717) is 23.0 Å². The third-order valence-corrected chi connectivity index (χ3v) is 5.55. The molecule has 0 atom stereocenters. The van der Waals surface area contributed by atoms with Crippen molar-refractivity contribution in [2.75, 3.05) is 13.2 Å². The molecule has 6 heteroatoms. The van der Waals surface area contributed by atoms with E-state index in [2.05, 4.69) is 0 Å².